The molecule has 3 heterocycles. The van der Waals surface area contributed by atoms with Crippen molar-refractivity contribution in [2.45, 2.75) is 46.2 Å². The van der Waals surface area contributed by atoms with Gasteiger partial charge >= 0.3 is 0 Å². The van der Waals surface area contributed by atoms with Crippen LogP contribution in [0.5, 0.6) is 0 Å². The van der Waals surface area contributed by atoms with Crippen LogP contribution >= 0.6 is 22.7 Å². The summed E-state index contributed by atoms with van der Waals surface area (Å²) in [6.07, 6.45) is 4.86. The zero-order chi connectivity index (χ0) is 17.8. The van der Waals surface area contributed by atoms with E-state index in [4.69, 9.17) is 0 Å². The van der Waals surface area contributed by atoms with E-state index in [1.807, 2.05) is 24.6 Å². The van der Waals surface area contributed by atoms with Crippen LogP contribution in [0.25, 0.3) is 0 Å². The maximum absolute atomic E-state index is 12.5. The van der Waals surface area contributed by atoms with Gasteiger partial charge in [-0.1, -0.05) is 0 Å². The summed E-state index contributed by atoms with van der Waals surface area (Å²) in [6.45, 7) is 6.67. The minimum Gasteiger partial charge on any atom is -0.346 e. The Labute approximate surface area is 155 Å². The van der Waals surface area contributed by atoms with Gasteiger partial charge in [-0.05, 0) is 43.2 Å². The molecule has 132 valence electrons. The number of rotatable bonds is 7. The Morgan fingerprint density at radius 3 is 2.80 bits per heavy atom. The summed E-state index contributed by atoms with van der Waals surface area (Å²) in [5, 5.41) is 8.34. The van der Waals surface area contributed by atoms with Crippen molar-refractivity contribution in [3.8, 4) is 0 Å². The number of aryl methyl sites for hydroxylation is 4. The van der Waals surface area contributed by atoms with Crippen LogP contribution in [0.4, 0.5) is 0 Å². The monoisotopic (exact) mass is 374 g/mol. The number of thiazole rings is 1. The molecule has 0 aliphatic rings. The van der Waals surface area contributed by atoms with Gasteiger partial charge in [0.15, 0.2) is 0 Å². The molecule has 0 unspecified atom stereocenters. The summed E-state index contributed by atoms with van der Waals surface area (Å²) >= 11 is 3.34. The Morgan fingerprint density at radius 2 is 2.20 bits per heavy atom. The number of nitrogens with one attached hydrogen (secondary N) is 1. The number of thiophene rings is 1. The van der Waals surface area contributed by atoms with Crippen molar-refractivity contribution in [1.82, 2.24) is 19.9 Å². The molecule has 1 N–H and O–H groups in total. The number of amides is 1. The smallest absolute Gasteiger partial charge is 0.222 e. The second-order valence-corrected chi connectivity index (χ2v) is 8.08. The van der Waals surface area contributed by atoms with Crippen molar-refractivity contribution in [3.05, 3.63) is 56.2 Å². The average Bonchev–Trinajstić information content (AvgIpc) is 3.29. The van der Waals surface area contributed by atoms with E-state index >= 15 is 0 Å². The van der Waals surface area contributed by atoms with Crippen molar-refractivity contribution in [1.29, 1.82) is 0 Å². The van der Waals surface area contributed by atoms with Gasteiger partial charge in [-0.3, -0.25) is 4.79 Å². The highest BCUT2D eigenvalue weighted by Crippen LogP contribution is 2.26. The van der Waals surface area contributed by atoms with Crippen LogP contribution in [0.1, 0.15) is 39.4 Å². The first-order chi connectivity index (χ1) is 12.0. The summed E-state index contributed by atoms with van der Waals surface area (Å²) < 4.78 is 1.99. The number of nitrogens with zero attached hydrogens (tertiary/aromatic N) is 3. The normalized spacial score (nSPS) is 12.3. The molecule has 0 fully saturated rings. The maximum Gasteiger partial charge on any atom is 0.222 e. The average molecular weight is 375 g/mol. The van der Waals surface area contributed by atoms with Gasteiger partial charge in [0.25, 0.3) is 0 Å². The fraction of sp³-hybridized carbons (Fsp3) is 0.389. The molecule has 1 atom stereocenters. The van der Waals surface area contributed by atoms with Gasteiger partial charge in [0, 0.05) is 36.7 Å². The Hall–Kier alpha value is -1.99. The molecule has 0 saturated heterocycles. The third kappa shape index (κ3) is 4.55. The molecule has 25 heavy (non-hydrogen) atoms. The van der Waals surface area contributed by atoms with Gasteiger partial charge in [0.05, 0.1) is 11.7 Å². The van der Waals surface area contributed by atoms with Crippen LogP contribution in [-0.2, 0) is 17.8 Å². The van der Waals surface area contributed by atoms with Crippen molar-refractivity contribution >= 4 is 28.6 Å². The minimum absolute atomic E-state index is 0.0406. The number of carbonyl (C=O) groups excluding carboxylic acids is 1. The van der Waals surface area contributed by atoms with Crippen LogP contribution in [0.3, 0.4) is 0 Å². The molecule has 5 nitrogen and oxygen atoms in total. The summed E-state index contributed by atoms with van der Waals surface area (Å²) in [7, 11) is 0. The second kappa shape index (κ2) is 7.93. The van der Waals surface area contributed by atoms with E-state index in [0.717, 1.165) is 22.9 Å². The van der Waals surface area contributed by atoms with Crippen LogP contribution in [0.15, 0.2) is 29.2 Å². The molecule has 3 aromatic heterocycles. The van der Waals surface area contributed by atoms with E-state index in [1.165, 1.54) is 10.4 Å². The number of imidazole rings is 1. The van der Waals surface area contributed by atoms with Crippen molar-refractivity contribution in [2.24, 2.45) is 0 Å². The molecule has 0 aliphatic carbocycles. The van der Waals surface area contributed by atoms with E-state index in [0.29, 0.717) is 13.0 Å². The third-order valence-electron chi connectivity index (χ3n) is 4.20. The Balaban J connectivity index is 1.68. The molecule has 0 aromatic carbocycles. The maximum atomic E-state index is 12.5. The predicted molar refractivity (Wildman–Crippen MR) is 102 cm³/mol. The highest BCUT2D eigenvalue weighted by molar-refractivity contribution is 7.11. The van der Waals surface area contributed by atoms with E-state index in [2.05, 4.69) is 39.0 Å². The molecule has 3 rings (SSSR count). The van der Waals surface area contributed by atoms with Crippen LogP contribution in [0, 0.1) is 20.8 Å². The molecule has 0 spiro atoms. The van der Waals surface area contributed by atoms with E-state index in [1.54, 1.807) is 28.9 Å². The highest BCUT2D eigenvalue weighted by atomic mass is 32.1. The van der Waals surface area contributed by atoms with Crippen molar-refractivity contribution in [3.63, 3.8) is 0 Å². The number of aromatic nitrogens is 3. The van der Waals surface area contributed by atoms with Gasteiger partial charge in [-0.15, -0.1) is 11.3 Å². The van der Waals surface area contributed by atoms with Gasteiger partial charge in [0.1, 0.15) is 10.8 Å². The van der Waals surface area contributed by atoms with Crippen molar-refractivity contribution in [2.75, 3.05) is 0 Å². The van der Waals surface area contributed by atoms with Gasteiger partial charge in [-0.2, -0.15) is 11.3 Å². The Kier molecular flexibility index (Phi) is 5.65. The molecule has 0 aliphatic heterocycles. The van der Waals surface area contributed by atoms with Crippen LogP contribution in [-0.4, -0.2) is 20.4 Å². The SMILES string of the molecule is Cc1nc([C@H](Cc2ccsc2)NC(=O)CCn2ccnc2C)sc1C. The minimum atomic E-state index is -0.0802. The summed E-state index contributed by atoms with van der Waals surface area (Å²) in [5.41, 5.74) is 2.27. The summed E-state index contributed by atoms with van der Waals surface area (Å²) in [5.74, 6) is 0.965. The van der Waals surface area contributed by atoms with Crippen molar-refractivity contribution < 1.29 is 4.79 Å². The second-order valence-electron chi connectivity index (χ2n) is 6.07. The van der Waals surface area contributed by atoms with Crippen LogP contribution < -0.4 is 5.32 Å². The number of hydrogen-bond acceptors (Lipinski definition) is 5. The van der Waals surface area contributed by atoms with E-state index < -0.39 is 0 Å². The molecule has 7 heteroatoms. The highest BCUT2D eigenvalue weighted by Gasteiger charge is 2.20. The van der Waals surface area contributed by atoms with Gasteiger partial charge in [-0.25, -0.2) is 9.97 Å². The van der Waals surface area contributed by atoms with Gasteiger partial charge < -0.3 is 9.88 Å². The fourth-order valence-corrected chi connectivity index (χ4v) is 4.28. The first kappa shape index (κ1) is 17.8. The quantitative estimate of drug-likeness (QED) is 0.684. The molecule has 0 saturated carbocycles. The lowest BCUT2D eigenvalue weighted by Crippen LogP contribution is -2.30. The lowest BCUT2D eigenvalue weighted by atomic mass is 10.1. The first-order valence-corrected chi connectivity index (χ1v) is 10.0. The zero-order valence-corrected chi connectivity index (χ0v) is 16.3. The molecule has 0 bridgehead atoms. The zero-order valence-electron chi connectivity index (χ0n) is 14.7. The number of carbonyl (C=O) groups is 1. The lowest BCUT2D eigenvalue weighted by Gasteiger charge is -2.16. The Bertz CT molecular complexity index is 816. The number of hydrogen-bond donors (Lipinski definition) is 1. The largest absolute Gasteiger partial charge is 0.346 e. The topological polar surface area (TPSA) is 59.8 Å². The molecule has 3 aromatic rings. The van der Waals surface area contributed by atoms with Gasteiger partial charge in [0.2, 0.25) is 5.91 Å². The molecular weight excluding hydrogens is 352 g/mol. The lowest BCUT2D eigenvalue weighted by molar-refractivity contribution is -0.122. The van der Waals surface area contributed by atoms with Crippen LogP contribution in [0.2, 0.25) is 0 Å². The Morgan fingerprint density at radius 1 is 1.36 bits per heavy atom. The van der Waals surface area contributed by atoms with E-state index in [-0.39, 0.29) is 11.9 Å². The molecular formula is C18H22N4OS2. The third-order valence-corrected chi connectivity index (χ3v) is 6.12. The first-order valence-electron chi connectivity index (χ1n) is 8.25. The molecule has 0 radical (unpaired) electrons. The summed E-state index contributed by atoms with van der Waals surface area (Å²) in [6, 6.07) is 2.02. The standard InChI is InChI=1S/C18H22N4OS2/c1-12-13(2)25-18(20-12)16(10-15-5-9-24-11-15)21-17(23)4-7-22-8-6-19-14(22)3/h5-6,8-9,11,16H,4,7,10H2,1-3H3,(H,21,23)/t16-/m0/s1. The fourth-order valence-electron chi connectivity index (χ4n) is 2.62. The summed E-state index contributed by atoms with van der Waals surface area (Å²) in [4.78, 5) is 22.5. The predicted octanol–water partition coefficient (Wildman–Crippen LogP) is 3.82. The molecule has 1 amide bonds. The van der Waals surface area contributed by atoms with E-state index in [9.17, 15) is 4.79 Å².